The van der Waals surface area contributed by atoms with Crippen LogP contribution in [0.5, 0.6) is 0 Å². The molecule has 3 aromatic rings. The summed E-state index contributed by atoms with van der Waals surface area (Å²) in [5.41, 5.74) is 2.34. The van der Waals surface area contributed by atoms with Gasteiger partial charge in [0, 0.05) is 23.1 Å². The fourth-order valence-corrected chi connectivity index (χ4v) is 2.28. The maximum atomic E-state index is 12.0. The zero-order valence-corrected chi connectivity index (χ0v) is 13.6. The summed E-state index contributed by atoms with van der Waals surface area (Å²) in [5.74, 6) is 0.647. The standard InChI is InChI=1S/C17H14ClN5O/c1-11-9-13(18)4-5-14(11)20-15-6-7-16(23-22-15)21-17(24)12-3-2-8-19-10-12/h2-10H,1H3,(H,20,22)(H,21,23,24). The van der Waals surface area contributed by atoms with Gasteiger partial charge in [-0.2, -0.15) is 0 Å². The molecule has 0 radical (unpaired) electrons. The molecule has 0 aliphatic carbocycles. The quantitative estimate of drug-likeness (QED) is 0.755. The van der Waals surface area contributed by atoms with Crippen molar-refractivity contribution in [1.29, 1.82) is 0 Å². The lowest BCUT2D eigenvalue weighted by Crippen LogP contribution is -2.13. The molecule has 120 valence electrons. The van der Waals surface area contributed by atoms with Gasteiger partial charge < -0.3 is 10.6 Å². The third-order valence-electron chi connectivity index (χ3n) is 3.28. The Balaban J connectivity index is 1.68. The van der Waals surface area contributed by atoms with Crippen molar-refractivity contribution in [3.05, 3.63) is 71.0 Å². The Labute approximate surface area is 143 Å². The normalized spacial score (nSPS) is 10.2. The first-order valence-electron chi connectivity index (χ1n) is 7.20. The highest BCUT2D eigenvalue weighted by molar-refractivity contribution is 6.30. The van der Waals surface area contributed by atoms with Gasteiger partial charge in [0.2, 0.25) is 0 Å². The molecule has 0 fully saturated rings. The summed E-state index contributed by atoms with van der Waals surface area (Å²) < 4.78 is 0. The Morgan fingerprint density at radius 3 is 2.54 bits per heavy atom. The van der Waals surface area contributed by atoms with Gasteiger partial charge in [-0.15, -0.1) is 10.2 Å². The van der Waals surface area contributed by atoms with Gasteiger partial charge in [0.1, 0.15) is 0 Å². The molecule has 0 saturated carbocycles. The van der Waals surface area contributed by atoms with E-state index >= 15 is 0 Å². The average molecular weight is 340 g/mol. The number of pyridine rings is 1. The van der Waals surface area contributed by atoms with E-state index in [4.69, 9.17) is 11.6 Å². The van der Waals surface area contributed by atoms with Crippen molar-refractivity contribution in [2.24, 2.45) is 0 Å². The fraction of sp³-hybridized carbons (Fsp3) is 0.0588. The molecule has 2 aromatic heterocycles. The number of aromatic nitrogens is 3. The van der Waals surface area contributed by atoms with Crippen LogP contribution >= 0.6 is 11.6 Å². The number of halogens is 1. The molecule has 2 heterocycles. The van der Waals surface area contributed by atoms with Crippen molar-refractivity contribution in [3.63, 3.8) is 0 Å². The Morgan fingerprint density at radius 2 is 1.88 bits per heavy atom. The zero-order valence-electron chi connectivity index (χ0n) is 12.8. The molecular formula is C17H14ClN5O. The Bertz CT molecular complexity index is 853. The van der Waals surface area contributed by atoms with Crippen molar-refractivity contribution in [2.45, 2.75) is 6.92 Å². The van der Waals surface area contributed by atoms with Crippen molar-refractivity contribution in [1.82, 2.24) is 15.2 Å². The van der Waals surface area contributed by atoms with Gasteiger partial charge in [0.05, 0.1) is 5.56 Å². The van der Waals surface area contributed by atoms with E-state index in [-0.39, 0.29) is 5.91 Å². The lowest BCUT2D eigenvalue weighted by atomic mass is 10.2. The number of aryl methyl sites for hydroxylation is 1. The first kappa shape index (κ1) is 15.9. The topological polar surface area (TPSA) is 79.8 Å². The van der Waals surface area contributed by atoms with E-state index in [1.54, 1.807) is 36.5 Å². The molecule has 24 heavy (non-hydrogen) atoms. The van der Waals surface area contributed by atoms with Crippen LogP contribution < -0.4 is 10.6 Å². The van der Waals surface area contributed by atoms with Crippen LogP contribution in [-0.2, 0) is 0 Å². The van der Waals surface area contributed by atoms with E-state index in [1.165, 1.54) is 6.20 Å². The number of amides is 1. The Kier molecular flexibility index (Phi) is 4.67. The molecule has 0 unspecified atom stereocenters. The SMILES string of the molecule is Cc1cc(Cl)ccc1Nc1ccc(NC(=O)c2cccnc2)nn1. The molecule has 6 nitrogen and oxygen atoms in total. The summed E-state index contributed by atoms with van der Waals surface area (Å²) in [6.07, 6.45) is 3.10. The second-order valence-electron chi connectivity index (χ2n) is 5.08. The Hall–Kier alpha value is -2.99. The maximum absolute atomic E-state index is 12.0. The molecular weight excluding hydrogens is 326 g/mol. The number of nitrogens with one attached hydrogen (secondary N) is 2. The molecule has 1 amide bonds. The minimum atomic E-state index is -0.286. The summed E-state index contributed by atoms with van der Waals surface area (Å²) >= 11 is 5.94. The molecule has 0 aliphatic rings. The van der Waals surface area contributed by atoms with Gasteiger partial charge in [-0.25, -0.2) is 0 Å². The largest absolute Gasteiger partial charge is 0.339 e. The summed E-state index contributed by atoms with van der Waals surface area (Å²) in [4.78, 5) is 15.9. The van der Waals surface area contributed by atoms with E-state index in [9.17, 15) is 4.79 Å². The minimum absolute atomic E-state index is 0.286. The van der Waals surface area contributed by atoms with Gasteiger partial charge in [-0.05, 0) is 55.0 Å². The number of anilines is 3. The highest BCUT2D eigenvalue weighted by Crippen LogP contribution is 2.22. The maximum Gasteiger partial charge on any atom is 0.258 e. The first-order chi connectivity index (χ1) is 11.6. The summed E-state index contributed by atoms with van der Waals surface area (Å²) in [5, 5.41) is 14.6. The number of rotatable bonds is 4. The van der Waals surface area contributed by atoms with Crippen LogP contribution in [-0.4, -0.2) is 21.1 Å². The number of benzene rings is 1. The predicted octanol–water partition coefficient (Wildman–Crippen LogP) is 3.83. The smallest absolute Gasteiger partial charge is 0.258 e. The second kappa shape index (κ2) is 7.06. The van der Waals surface area contributed by atoms with Crippen molar-refractivity contribution < 1.29 is 4.79 Å². The number of carbonyl (C=O) groups is 1. The fourth-order valence-electron chi connectivity index (χ4n) is 2.06. The number of hydrogen-bond acceptors (Lipinski definition) is 5. The van der Waals surface area contributed by atoms with E-state index in [0.717, 1.165) is 11.3 Å². The molecule has 0 aliphatic heterocycles. The third-order valence-corrected chi connectivity index (χ3v) is 3.52. The minimum Gasteiger partial charge on any atom is -0.339 e. The van der Waals surface area contributed by atoms with Gasteiger partial charge >= 0.3 is 0 Å². The van der Waals surface area contributed by atoms with Crippen LogP contribution in [0.1, 0.15) is 15.9 Å². The van der Waals surface area contributed by atoms with E-state index < -0.39 is 0 Å². The van der Waals surface area contributed by atoms with E-state index in [2.05, 4.69) is 25.8 Å². The monoisotopic (exact) mass is 339 g/mol. The van der Waals surface area contributed by atoms with Crippen LogP contribution in [0, 0.1) is 6.92 Å². The molecule has 0 spiro atoms. The van der Waals surface area contributed by atoms with Crippen molar-refractivity contribution >= 4 is 34.8 Å². The molecule has 0 saturated heterocycles. The zero-order chi connectivity index (χ0) is 16.9. The summed E-state index contributed by atoms with van der Waals surface area (Å²) in [6, 6.07) is 12.3. The van der Waals surface area contributed by atoms with Crippen LogP contribution in [0.4, 0.5) is 17.3 Å². The highest BCUT2D eigenvalue weighted by atomic mass is 35.5. The van der Waals surface area contributed by atoms with Crippen molar-refractivity contribution in [3.8, 4) is 0 Å². The second-order valence-corrected chi connectivity index (χ2v) is 5.52. The summed E-state index contributed by atoms with van der Waals surface area (Å²) in [7, 11) is 0. The highest BCUT2D eigenvalue weighted by Gasteiger charge is 2.07. The van der Waals surface area contributed by atoms with Gasteiger partial charge in [-0.1, -0.05) is 11.6 Å². The van der Waals surface area contributed by atoms with Crippen LogP contribution in [0.15, 0.2) is 54.9 Å². The number of carbonyl (C=O) groups excluding carboxylic acids is 1. The van der Waals surface area contributed by atoms with Crippen LogP contribution in [0.2, 0.25) is 5.02 Å². The molecule has 2 N–H and O–H groups in total. The lowest BCUT2D eigenvalue weighted by Gasteiger charge is -2.09. The predicted molar refractivity (Wildman–Crippen MR) is 93.7 cm³/mol. The van der Waals surface area contributed by atoms with Crippen molar-refractivity contribution in [2.75, 3.05) is 10.6 Å². The summed E-state index contributed by atoms with van der Waals surface area (Å²) in [6.45, 7) is 1.95. The molecule has 1 aromatic carbocycles. The molecule has 0 bridgehead atoms. The molecule has 3 rings (SSSR count). The third kappa shape index (κ3) is 3.85. The van der Waals surface area contributed by atoms with Gasteiger partial charge in [-0.3, -0.25) is 9.78 Å². The lowest BCUT2D eigenvalue weighted by molar-refractivity contribution is 0.102. The average Bonchev–Trinajstić information content (AvgIpc) is 2.60. The number of nitrogens with zero attached hydrogens (tertiary/aromatic N) is 3. The van der Waals surface area contributed by atoms with Crippen LogP contribution in [0.25, 0.3) is 0 Å². The number of hydrogen-bond donors (Lipinski definition) is 2. The van der Waals surface area contributed by atoms with Gasteiger partial charge in [0.25, 0.3) is 5.91 Å². The van der Waals surface area contributed by atoms with Crippen LogP contribution in [0.3, 0.4) is 0 Å². The van der Waals surface area contributed by atoms with E-state index in [1.807, 2.05) is 19.1 Å². The van der Waals surface area contributed by atoms with E-state index in [0.29, 0.717) is 22.2 Å². The van der Waals surface area contributed by atoms with Gasteiger partial charge in [0.15, 0.2) is 11.6 Å². The first-order valence-corrected chi connectivity index (χ1v) is 7.58. The molecule has 0 atom stereocenters. The molecule has 7 heteroatoms. The Morgan fingerprint density at radius 1 is 1.08 bits per heavy atom.